The van der Waals surface area contributed by atoms with E-state index >= 15 is 0 Å². The van der Waals surface area contributed by atoms with Crippen molar-refractivity contribution in [3.05, 3.63) is 84.9 Å². The number of hydrogen-bond acceptors (Lipinski definition) is 6. The number of aliphatic hydroxyl groups is 2. The molecule has 6 heteroatoms. The van der Waals surface area contributed by atoms with E-state index in [4.69, 9.17) is 9.47 Å². The number of rotatable bonds is 12. The summed E-state index contributed by atoms with van der Waals surface area (Å²) in [6.45, 7) is 1.10. The molecular formula is C24H28N2O4. The lowest BCUT2D eigenvalue weighted by atomic mass is 10.3. The van der Waals surface area contributed by atoms with Crippen LogP contribution in [0.4, 0.5) is 11.4 Å². The number of ether oxygens (including phenoxy) is 2. The lowest BCUT2D eigenvalue weighted by Gasteiger charge is -2.16. The Balaban J connectivity index is 1.37. The maximum atomic E-state index is 10.1. The number of para-hydroxylation sites is 2. The quantitative estimate of drug-likeness (QED) is 0.368. The van der Waals surface area contributed by atoms with E-state index < -0.39 is 12.2 Å². The van der Waals surface area contributed by atoms with Crippen LogP contribution in [0.5, 0.6) is 11.5 Å². The summed E-state index contributed by atoms with van der Waals surface area (Å²) in [5.74, 6) is 1.20. The summed E-state index contributed by atoms with van der Waals surface area (Å²) in [5.41, 5.74) is 1.90. The summed E-state index contributed by atoms with van der Waals surface area (Å²) >= 11 is 0. The molecule has 3 aromatic rings. The van der Waals surface area contributed by atoms with Crippen LogP contribution in [0.1, 0.15) is 0 Å². The van der Waals surface area contributed by atoms with Gasteiger partial charge in [0.05, 0.1) is 0 Å². The van der Waals surface area contributed by atoms with Crippen LogP contribution >= 0.6 is 0 Å². The van der Waals surface area contributed by atoms with Crippen LogP contribution in [0.15, 0.2) is 84.9 Å². The predicted molar refractivity (Wildman–Crippen MR) is 119 cm³/mol. The van der Waals surface area contributed by atoms with Crippen molar-refractivity contribution in [3.63, 3.8) is 0 Å². The van der Waals surface area contributed by atoms with E-state index in [0.29, 0.717) is 24.6 Å². The maximum Gasteiger partial charge on any atom is 0.123 e. The van der Waals surface area contributed by atoms with E-state index in [2.05, 4.69) is 10.6 Å². The van der Waals surface area contributed by atoms with Crippen LogP contribution in [0.2, 0.25) is 0 Å². The number of aliphatic hydroxyl groups excluding tert-OH is 2. The minimum atomic E-state index is -0.652. The molecule has 0 bridgehead atoms. The van der Waals surface area contributed by atoms with E-state index in [1.807, 2.05) is 66.7 Å². The van der Waals surface area contributed by atoms with Crippen molar-refractivity contribution < 1.29 is 19.7 Å². The molecule has 158 valence electrons. The standard InChI is InChI=1S/C24H28N2O4/c27-21(15-25-19-8-3-1-4-9-19)17-29-23-12-7-13-24(14-23)30-18-22(28)16-26-20-10-5-2-6-11-20/h1-14,21-22,25-28H,15-18H2. The molecule has 0 saturated heterocycles. The molecule has 0 aromatic heterocycles. The zero-order valence-electron chi connectivity index (χ0n) is 16.8. The molecule has 2 atom stereocenters. The average Bonchev–Trinajstić information content (AvgIpc) is 2.80. The van der Waals surface area contributed by atoms with Gasteiger partial charge in [-0.1, -0.05) is 42.5 Å². The monoisotopic (exact) mass is 408 g/mol. The Morgan fingerprint density at radius 3 is 1.47 bits per heavy atom. The van der Waals surface area contributed by atoms with E-state index in [0.717, 1.165) is 11.4 Å². The van der Waals surface area contributed by atoms with Gasteiger partial charge in [-0.25, -0.2) is 0 Å². The predicted octanol–water partition coefficient (Wildman–Crippen LogP) is 3.39. The van der Waals surface area contributed by atoms with Crippen molar-refractivity contribution in [2.45, 2.75) is 12.2 Å². The number of anilines is 2. The smallest absolute Gasteiger partial charge is 0.123 e. The third-order valence-corrected chi connectivity index (χ3v) is 4.32. The van der Waals surface area contributed by atoms with Gasteiger partial charge in [0, 0.05) is 30.5 Å². The summed E-state index contributed by atoms with van der Waals surface area (Å²) in [4.78, 5) is 0. The van der Waals surface area contributed by atoms with Gasteiger partial charge in [-0.2, -0.15) is 0 Å². The maximum absolute atomic E-state index is 10.1. The molecule has 3 aromatic carbocycles. The summed E-state index contributed by atoms with van der Waals surface area (Å²) in [6, 6.07) is 26.6. The molecule has 4 N–H and O–H groups in total. The van der Waals surface area contributed by atoms with Crippen molar-refractivity contribution in [1.82, 2.24) is 0 Å². The van der Waals surface area contributed by atoms with Crippen molar-refractivity contribution in [3.8, 4) is 11.5 Å². The number of benzene rings is 3. The third kappa shape index (κ3) is 7.66. The molecule has 0 radical (unpaired) electrons. The molecule has 0 amide bonds. The third-order valence-electron chi connectivity index (χ3n) is 4.32. The van der Waals surface area contributed by atoms with E-state index in [1.165, 1.54) is 0 Å². The Labute approximate surface area is 177 Å². The Morgan fingerprint density at radius 1 is 0.600 bits per heavy atom. The molecule has 0 saturated carbocycles. The molecule has 0 spiro atoms. The van der Waals surface area contributed by atoms with Crippen LogP contribution in [0.3, 0.4) is 0 Å². The van der Waals surface area contributed by atoms with Gasteiger partial charge in [0.1, 0.15) is 36.9 Å². The first-order valence-corrected chi connectivity index (χ1v) is 9.98. The molecule has 0 aliphatic carbocycles. The first-order valence-electron chi connectivity index (χ1n) is 9.98. The van der Waals surface area contributed by atoms with Crippen molar-refractivity contribution in [2.24, 2.45) is 0 Å². The second-order valence-electron chi connectivity index (χ2n) is 6.90. The van der Waals surface area contributed by atoms with E-state index in [-0.39, 0.29) is 13.2 Å². The van der Waals surface area contributed by atoms with Gasteiger partial charge in [-0.05, 0) is 36.4 Å². The van der Waals surface area contributed by atoms with Crippen LogP contribution in [0, 0.1) is 0 Å². The van der Waals surface area contributed by atoms with Gasteiger partial charge in [0.15, 0.2) is 0 Å². The van der Waals surface area contributed by atoms with E-state index in [9.17, 15) is 10.2 Å². The lowest BCUT2D eigenvalue weighted by Crippen LogP contribution is -2.26. The Bertz CT molecular complexity index is 793. The van der Waals surface area contributed by atoms with Gasteiger partial charge in [0.25, 0.3) is 0 Å². The van der Waals surface area contributed by atoms with Gasteiger partial charge in [-0.3, -0.25) is 0 Å². The number of nitrogens with one attached hydrogen (secondary N) is 2. The van der Waals surface area contributed by atoms with Crippen LogP contribution in [0.25, 0.3) is 0 Å². The topological polar surface area (TPSA) is 83.0 Å². The fourth-order valence-electron chi connectivity index (χ4n) is 2.74. The summed E-state index contributed by atoms with van der Waals surface area (Å²) in [7, 11) is 0. The number of hydrogen-bond donors (Lipinski definition) is 4. The highest BCUT2D eigenvalue weighted by Crippen LogP contribution is 2.20. The highest BCUT2D eigenvalue weighted by atomic mass is 16.5. The normalized spacial score (nSPS) is 12.6. The molecule has 2 unspecified atom stereocenters. The summed E-state index contributed by atoms with van der Waals surface area (Å²) in [6.07, 6.45) is -1.30. The lowest BCUT2D eigenvalue weighted by molar-refractivity contribution is 0.113. The summed E-state index contributed by atoms with van der Waals surface area (Å²) < 4.78 is 11.3. The second-order valence-corrected chi connectivity index (χ2v) is 6.90. The zero-order chi connectivity index (χ0) is 21.0. The van der Waals surface area contributed by atoms with Crippen molar-refractivity contribution in [2.75, 3.05) is 36.9 Å². The Hall–Kier alpha value is -3.22. The minimum absolute atomic E-state index is 0.160. The fourth-order valence-corrected chi connectivity index (χ4v) is 2.74. The molecule has 0 heterocycles. The molecule has 0 aliphatic rings. The largest absolute Gasteiger partial charge is 0.491 e. The molecular weight excluding hydrogens is 380 g/mol. The molecule has 6 nitrogen and oxygen atoms in total. The zero-order valence-corrected chi connectivity index (χ0v) is 16.8. The second kappa shape index (κ2) is 11.7. The van der Waals surface area contributed by atoms with Crippen molar-refractivity contribution in [1.29, 1.82) is 0 Å². The summed E-state index contributed by atoms with van der Waals surface area (Å²) in [5, 5.41) is 26.5. The van der Waals surface area contributed by atoms with E-state index in [1.54, 1.807) is 18.2 Å². The Kier molecular flexibility index (Phi) is 8.38. The van der Waals surface area contributed by atoms with Gasteiger partial charge in [0.2, 0.25) is 0 Å². The van der Waals surface area contributed by atoms with Gasteiger partial charge >= 0.3 is 0 Å². The van der Waals surface area contributed by atoms with Crippen LogP contribution in [-0.4, -0.2) is 48.7 Å². The highest BCUT2D eigenvalue weighted by Gasteiger charge is 2.08. The first-order chi connectivity index (χ1) is 14.7. The molecule has 0 aliphatic heterocycles. The average molecular weight is 408 g/mol. The molecule has 0 fully saturated rings. The minimum Gasteiger partial charge on any atom is -0.491 e. The fraction of sp³-hybridized carbons (Fsp3) is 0.250. The first kappa shape index (κ1) is 21.5. The Morgan fingerprint density at radius 2 is 1.03 bits per heavy atom. The van der Waals surface area contributed by atoms with Gasteiger partial charge < -0.3 is 30.3 Å². The van der Waals surface area contributed by atoms with Crippen LogP contribution in [-0.2, 0) is 0 Å². The molecule has 30 heavy (non-hydrogen) atoms. The SMILES string of the molecule is OC(CNc1ccccc1)COc1cccc(OCC(O)CNc2ccccc2)c1. The van der Waals surface area contributed by atoms with Crippen LogP contribution < -0.4 is 20.1 Å². The molecule has 3 rings (SSSR count). The van der Waals surface area contributed by atoms with Gasteiger partial charge in [-0.15, -0.1) is 0 Å². The highest BCUT2D eigenvalue weighted by molar-refractivity contribution is 5.43. The van der Waals surface area contributed by atoms with Crippen molar-refractivity contribution >= 4 is 11.4 Å².